The van der Waals surface area contributed by atoms with Crippen molar-refractivity contribution in [3.63, 3.8) is 0 Å². The number of piperidine rings is 1. The number of nitrogens with zero attached hydrogens (tertiary/aromatic N) is 4. The maximum absolute atomic E-state index is 12.0. The van der Waals surface area contributed by atoms with Gasteiger partial charge in [0.05, 0.1) is 24.1 Å². The van der Waals surface area contributed by atoms with Gasteiger partial charge >= 0.3 is 0 Å². The van der Waals surface area contributed by atoms with Crippen molar-refractivity contribution in [2.45, 2.75) is 45.3 Å². The second kappa shape index (κ2) is 8.18. The van der Waals surface area contributed by atoms with Crippen molar-refractivity contribution < 1.29 is 4.74 Å². The van der Waals surface area contributed by atoms with Crippen molar-refractivity contribution >= 4 is 21.6 Å². The lowest BCUT2D eigenvalue weighted by Gasteiger charge is -2.37. The smallest absolute Gasteiger partial charge is 0.282 e. The molecule has 2 saturated heterocycles. The molecule has 140 valence electrons. The van der Waals surface area contributed by atoms with Crippen molar-refractivity contribution in [3.05, 3.63) is 21.0 Å². The zero-order valence-corrected chi connectivity index (χ0v) is 17.0. The Balaban J connectivity index is 1.49. The number of aromatic nitrogens is 2. The summed E-state index contributed by atoms with van der Waals surface area (Å²) in [5, 5.41) is 4.16. The molecule has 0 N–H and O–H groups in total. The first kappa shape index (κ1) is 18.9. The van der Waals surface area contributed by atoms with E-state index in [4.69, 9.17) is 4.74 Å². The first-order chi connectivity index (χ1) is 11.9. The number of morpholine rings is 1. The molecule has 0 spiro atoms. The zero-order chi connectivity index (χ0) is 18.0. The van der Waals surface area contributed by atoms with Gasteiger partial charge in [0, 0.05) is 33.2 Å². The molecule has 2 aliphatic rings. The number of halogens is 1. The van der Waals surface area contributed by atoms with E-state index in [2.05, 4.69) is 44.7 Å². The average molecular weight is 413 g/mol. The Morgan fingerprint density at radius 2 is 1.88 bits per heavy atom. The van der Waals surface area contributed by atoms with Crippen molar-refractivity contribution in [2.75, 3.05) is 37.6 Å². The topological polar surface area (TPSA) is 50.6 Å². The predicted molar refractivity (Wildman–Crippen MR) is 103 cm³/mol. The van der Waals surface area contributed by atoms with E-state index in [1.807, 2.05) is 0 Å². The van der Waals surface area contributed by atoms with Crippen LogP contribution in [0, 0.1) is 5.92 Å². The molecular weight excluding hydrogens is 384 g/mol. The summed E-state index contributed by atoms with van der Waals surface area (Å²) in [5.41, 5.74) is 0.854. The van der Waals surface area contributed by atoms with Crippen molar-refractivity contribution in [2.24, 2.45) is 13.0 Å². The fourth-order valence-corrected chi connectivity index (χ4v) is 4.63. The molecule has 2 fully saturated rings. The molecule has 1 aromatic rings. The highest BCUT2D eigenvalue weighted by Crippen LogP contribution is 2.28. The van der Waals surface area contributed by atoms with Crippen molar-refractivity contribution in [3.8, 4) is 0 Å². The highest BCUT2D eigenvalue weighted by Gasteiger charge is 2.25. The molecule has 2 atom stereocenters. The minimum absolute atomic E-state index is 0.0739. The summed E-state index contributed by atoms with van der Waals surface area (Å²) >= 11 is 3.44. The summed E-state index contributed by atoms with van der Waals surface area (Å²) in [6, 6.07) is 0. The van der Waals surface area contributed by atoms with Crippen LogP contribution in [0.1, 0.15) is 33.1 Å². The fourth-order valence-electron chi connectivity index (χ4n) is 4.02. The number of hydrogen-bond acceptors (Lipinski definition) is 5. The molecule has 0 amide bonds. The van der Waals surface area contributed by atoms with Crippen LogP contribution in [-0.2, 0) is 11.8 Å². The van der Waals surface area contributed by atoms with Crippen LogP contribution in [0.4, 0.5) is 5.69 Å². The summed E-state index contributed by atoms with van der Waals surface area (Å²) in [6.45, 7) is 9.58. The van der Waals surface area contributed by atoms with Gasteiger partial charge < -0.3 is 9.64 Å². The monoisotopic (exact) mass is 412 g/mol. The maximum atomic E-state index is 12.0. The Hall–Kier alpha value is -0.920. The van der Waals surface area contributed by atoms with Gasteiger partial charge in [-0.1, -0.05) is 0 Å². The van der Waals surface area contributed by atoms with Gasteiger partial charge in [-0.25, -0.2) is 4.68 Å². The Morgan fingerprint density at radius 1 is 1.24 bits per heavy atom. The molecule has 7 heteroatoms. The van der Waals surface area contributed by atoms with Crippen LogP contribution in [0.5, 0.6) is 0 Å². The molecule has 3 heterocycles. The Labute approximate surface area is 158 Å². The Kier molecular flexibility index (Phi) is 6.17. The fraction of sp³-hybridized carbons (Fsp3) is 0.778. The van der Waals surface area contributed by atoms with E-state index < -0.39 is 0 Å². The van der Waals surface area contributed by atoms with E-state index in [0.717, 1.165) is 37.8 Å². The maximum Gasteiger partial charge on any atom is 0.282 e. The summed E-state index contributed by atoms with van der Waals surface area (Å²) < 4.78 is 7.81. The van der Waals surface area contributed by atoms with Crippen LogP contribution in [0.15, 0.2) is 15.5 Å². The highest BCUT2D eigenvalue weighted by atomic mass is 79.9. The van der Waals surface area contributed by atoms with Crippen molar-refractivity contribution in [1.29, 1.82) is 0 Å². The molecule has 6 nitrogen and oxygen atoms in total. The van der Waals surface area contributed by atoms with Gasteiger partial charge in [-0.3, -0.25) is 9.69 Å². The lowest BCUT2D eigenvalue weighted by Crippen LogP contribution is -2.46. The highest BCUT2D eigenvalue weighted by molar-refractivity contribution is 9.10. The van der Waals surface area contributed by atoms with Gasteiger partial charge in [0.1, 0.15) is 4.47 Å². The van der Waals surface area contributed by atoms with E-state index >= 15 is 0 Å². The second-order valence-electron chi connectivity index (χ2n) is 7.51. The zero-order valence-electron chi connectivity index (χ0n) is 15.4. The van der Waals surface area contributed by atoms with Gasteiger partial charge in [-0.05, 0) is 61.5 Å². The van der Waals surface area contributed by atoms with E-state index in [-0.39, 0.29) is 5.56 Å². The van der Waals surface area contributed by atoms with Crippen molar-refractivity contribution in [1.82, 2.24) is 14.7 Å². The molecule has 3 rings (SSSR count). The van der Waals surface area contributed by atoms with E-state index in [0.29, 0.717) is 16.7 Å². The first-order valence-electron chi connectivity index (χ1n) is 9.28. The van der Waals surface area contributed by atoms with E-state index in [9.17, 15) is 4.79 Å². The molecule has 1 aromatic heterocycles. The summed E-state index contributed by atoms with van der Waals surface area (Å²) in [7, 11) is 1.68. The quantitative estimate of drug-likeness (QED) is 0.758. The van der Waals surface area contributed by atoms with Crippen LogP contribution in [-0.4, -0.2) is 59.6 Å². The number of hydrogen-bond donors (Lipinski definition) is 0. The third-order valence-electron chi connectivity index (χ3n) is 5.36. The van der Waals surface area contributed by atoms with Gasteiger partial charge in [-0.15, -0.1) is 0 Å². The molecule has 0 aromatic carbocycles. The minimum atomic E-state index is -0.0739. The average Bonchev–Trinajstić information content (AvgIpc) is 2.58. The van der Waals surface area contributed by atoms with Gasteiger partial charge in [0.25, 0.3) is 5.56 Å². The molecule has 0 bridgehead atoms. The molecular formula is C18H29BrN4O2. The first-order valence-corrected chi connectivity index (χ1v) is 10.1. The van der Waals surface area contributed by atoms with Crippen LogP contribution in [0.3, 0.4) is 0 Å². The lowest BCUT2D eigenvalue weighted by atomic mass is 9.93. The molecule has 2 unspecified atom stereocenters. The molecule has 2 aliphatic heterocycles. The molecule has 0 radical (unpaired) electrons. The summed E-state index contributed by atoms with van der Waals surface area (Å²) in [5.74, 6) is 0.767. The second-order valence-corrected chi connectivity index (χ2v) is 8.30. The molecule has 0 saturated carbocycles. The van der Waals surface area contributed by atoms with Crippen LogP contribution in [0.25, 0.3) is 0 Å². The third-order valence-corrected chi connectivity index (χ3v) is 6.11. The lowest BCUT2D eigenvalue weighted by molar-refractivity contribution is -0.0690. The normalized spacial score (nSPS) is 26.2. The minimum Gasteiger partial charge on any atom is -0.373 e. The van der Waals surface area contributed by atoms with E-state index in [1.165, 1.54) is 30.5 Å². The van der Waals surface area contributed by atoms with Crippen LogP contribution >= 0.6 is 15.9 Å². The molecule has 0 aliphatic carbocycles. The predicted octanol–water partition coefficient (Wildman–Crippen LogP) is 2.26. The number of ether oxygens (including phenoxy) is 1. The summed E-state index contributed by atoms with van der Waals surface area (Å²) in [4.78, 5) is 16.9. The summed E-state index contributed by atoms with van der Waals surface area (Å²) in [6.07, 6.45) is 6.09. The number of rotatable bonds is 4. The largest absolute Gasteiger partial charge is 0.373 e. The van der Waals surface area contributed by atoms with E-state index in [1.54, 1.807) is 13.2 Å². The van der Waals surface area contributed by atoms with Gasteiger partial charge in [0.15, 0.2) is 0 Å². The number of aryl methyl sites for hydroxylation is 1. The molecule has 25 heavy (non-hydrogen) atoms. The Morgan fingerprint density at radius 3 is 2.52 bits per heavy atom. The van der Waals surface area contributed by atoms with Crippen LogP contribution in [0.2, 0.25) is 0 Å². The van der Waals surface area contributed by atoms with Crippen LogP contribution < -0.4 is 10.5 Å². The Bertz CT molecular complexity index is 632. The SMILES string of the molecule is CC1CN(CCC2CCN(c3cnn(C)c(=O)c3Br)CC2)CC(C)O1. The van der Waals surface area contributed by atoms with Gasteiger partial charge in [-0.2, -0.15) is 5.10 Å². The third kappa shape index (κ3) is 4.63. The standard InChI is InChI=1S/C18H29BrN4O2/c1-13-11-22(12-14(2)25-13)7-4-15-5-8-23(9-6-15)16-10-20-21(3)18(24)17(16)19/h10,13-15H,4-9,11-12H2,1-3H3. The van der Waals surface area contributed by atoms with Gasteiger partial charge in [0.2, 0.25) is 0 Å². The number of anilines is 1.